The third-order valence-electron chi connectivity index (χ3n) is 4.42. The van der Waals surface area contributed by atoms with E-state index in [4.69, 9.17) is 4.74 Å². The molecule has 1 atom stereocenters. The largest absolute Gasteiger partial charge is 0.496 e. The van der Waals surface area contributed by atoms with Crippen LogP contribution in [0.4, 0.5) is 4.39 Å². The van der Waals surface area contributed by atoms with Gasteiger partial charge in [-0.3, -0.25) is 0 Å². The van der Waals surface area contributed by atoms with Crippen LogP contribution in [0, 0.1) is 5.82 Å². The van der Waals surface area contributed by atoms with Gasteiger partial charge >= 0.3 is 0 Å². The van der Waals surface area contributed by atoms with Gasteiger partial charge in [0, 0.05) is 11.6 Å². The molecule has 1 aliphatic carbocycles. The van der Waals surface area contributed by atoms with Gasteiger partial charge in [-0.25, -0.2) is 4.39 Å². The molecule has 0 saturated heterocycles. The quantitative estimate of drug-likeness (QED) is 0.858. The SMILES string of the molecule is COc1ccc2c3c1-c1cc(F)ccc1CC3NCC2. The third kappa shape index (κ3) is 1.59. The van der Waals surface area contributed by atoms with Crippen molar-refractivity contribution in [3.05, 3.63) is 52.8 Å². The van der Waals surface area contributed by atoms with Crippen LogP contribution in [-0.2, 0) is 12.8 Å². The fraction of sp³-hybridized carbons (Fsp3) is 0.294. The van der Waals surface area contributed by atoms with E-state index >= 15 is 0 Å². The van der Waals surface area contributed by atoms with E-state index in [9.17, 15) is 4.39 Å². The van der Waals surface area contributed by atoms with Gasteiger partial charge in [0.05, 0.1) is 7.11 Å². The second-order valence-corrected chi connectivity index (χ2v) is 5.48. The molecule has 2 nitrogen and oxygen atoms in total. The van der Waals surface area contributed by atoms with E-state index in [1.54, 1.807) is 19.2 Å². The molecule has 1 heterocycles. The van der Waals surface area contributed by atoms with Gasteiger partial charge in [0.15, 0.2) is 0 Å². The van der Waals surface area contributed by atoms with Crippen molar-refractivity contribution < 1.29 is 9.13 Å². The Hall–Kier alpha value is -1.87. The minimum Gasteiger partial charge on any atom is -0.496 e. The molecule has 0 spiro atoms. The summed E-state index contributed by atoms with van der Waals surface area (Å²) in [4.78, 5) is 0. The maximum atomic E-state index is 13.7. The summed E-state index contributed by atoms with van der Waals surface area (Å²) >= 11 is 0. The number of fused-ring (bicyclic) bond motifs is 2. The second-order valence-electron chi connectivity index (χ2n) is 5.48. The number of hydrogen-bond acceptors (Lipinski definition) is 2. The number of benzene rings is 2. The van der Waals surface area contributed by atoms with E-state index in [1.165, 1.54) is 16.7 Å². The molecular formula is C17H16FNO. The Morgan fingerprint density at radius 2 is 2.05 bits per heavy atom. The van der Waals surface area contributed by atoms with Crippen molar-refractivity contribution in [1.29, 1.82) is 0 Å². The zero-order valence-electron chi connectivity index (χ0n) is 11.4. The molecule has 20 heavy (non-hydrogen) atoms. The summed E-state index contributed by atoms with van der Waals surface area (Å²) in [6, 6.07) is 9.56. The Morgan fingerprint density at radius 1 is 1.20 bits per heavy atom. The fourth-order valence-corrected chi connectivity index (χ4v) is 3.54. The van der Waals surface area contributed by atoms with Gasteiger partial charge in [0.2, 0.25) is 0 Å². The summed E-state index contributed by atoms with van der Waals surface area (Å²) in [5, 5.41) is 3.57. The van der Waals surface area contributed by atoms with Crippen LogP contribution >= 0.6 is 0 Å². The maximum absolute atomic E-state index is 13.7. The lowest BCUT2D eigenvalue weighted by Gasteiger charge is -2.35. The number of hydrogen-bond donors (Lipinski definition) is 1. The number of nitrogens with one attached hydrogen (secondary N) is 1. The van der Waals surface area contributed by atoms with E-state index in [2.05, 4.69) is 11.4 Å². The average Bonchev–Trinajstić information content (AvgIpc) is 2.48. The first-order chi connectivity index (χ1) is 9.78. The Bertz CT molecular complexity index is 696. The molecule has 0 radical (unpaired) electrons. The summed E-state index contributed by atoms with van der Waals surface area (Å²) in [7, 11) is 1.68. The van der Waals surface area contributed by atoms with Crippen molar-refractivity contribution in [2.75, 3.05) is 13.7 Å². The van der Waals surface area contributed by atoms with Gasteiger partial charge in [-0.1, -0.05) is 12.1 Å². The molecule has 0 bridgehead atoms. The third-order valence-corrected chi connectivity index (χ3v) is 4.42. The maximum Gasteiger partial charge on any atom is 0.127 e. The average molecular weight is 269 g/mol. The van der Waals surface area contributed by atoms with Gasteiger partial charge in [0.1, 0.15) is 11.6 Å². The van der Waals surface area contributed by atoms with Crippen molar-refractivity contribution in [3.8, 4) is 16.9 Å². The summed E-state index contributed by atoms with van der Waals surface area (Å²) in [5.74, 6) is 0.648. The molecule has 0 fully saturated rings. The molecule has 1 unspecified atom stereocenters. The highest BCUT2D eigenvalue weighted by Gasteiger charge is 2.31. The fourth-order valence-electron chi connectivity index (χ4n) is 3.54. The molecule has 0 aromatic heterocycles. The lowest BCUT2D eigenvalue weighted by atomic mass is 9.77. The van der Waals surface area contributed by atoms with Crippen molar-refractivity contribution in [3.63, 3.8) is 0 Å². The van der Waals surface area contributed by atoms with E-state index < -0.39 is 0 Å². The van der Waals surface area contributed by atoms with Crippen LogP contribution in [0.1, 0.15) is 22.7 Å². The van der Waals surface area contributed by atoms with Crippen LogP contribution in [0.2, 0.25) is 0 Å². The minimum absolute atomic E-state index is 0.189. The number of methoxy groups -OCH3 is 1. The molecule has 1 aliphatic heterocycles. The predicted molar refractivity (Wildman–Crippen MR) is 76.5 cm³/mol. The molecule has 102 valence electrons. The Morgan fingerprint density at radius 3 is 2.90 bits per heavy atom. The summed E-state index contributed by atoms with van der Waals surface area (Å²) in [6.07, 6.45) is 1.94. The van der Waals surface area contributed by atoms with Crippen molar-refractivity contribution in [1.82, 2.24) is 5.32 Å². The van der Waals surface area contributed by atoms with Crippen molar-refractivity contribution in [2.24, 2.45) is 0 Å². The monoisotopic (exact) mass is 269 g/mol. The summed E-state index contributed by atoms with van der Waals surface area (Å²) < 4.78 is 19.2. The summed E-state index contributed by atoms with van der Waals surface area (Å²) in [5.41, 5.74) is 5.91. The molecular weight excluding hydrogens is 253 g/mol. The highest BCUT2D eigenvalue weighted by atomic mass is 19.1. The highest BCUT2D eigenvalue weighted by molar-refractivity contribution is 5.80. The van der Waals surface area contributed by atoms with Crippen molar-refractivity contribution >= 4 is 0 Å². The van der Waals surface area contributed by atoms with E-state index in [0.29, 0.717) is 6.04 Å². The Labute approximate surface area is 117 Å². The first kappa shape index (κ1) is 11.9. The standard InChI is InChI=1S/C17H16FNO/c1-20-15-5-3-10-6-7-19-14-8-11-2-4-12(18)9-13(11)17(15)16(10)14/h2-5,9,14,19H,6-8H2,1H3. The lowest BCUT2D eigenvalue weighted by Crippen LogP contribution is -2.33. The van der Waals surface area contributed by atoms with Crippen molar-refractivity contribution in [2.45, 2.75) is 18.9 Å². The summed E-state index contributed by atoms with van der Waals surface area (Å²) in [6.45, 7) is 1.000. The van der Waals surface area contributed by atoms with Crippen LogP contribution in [0.25, 0.3) is 11.1 Å². The lowest BCUT2D eigenvalue weighted by molar-refractivity contribution is 0.411. The topological polar surface area (TPSA) is 21.3 Å². The smallest absolute Gasteiger partial charge is 0.127 e. The van der Waals surface area contributed by atoms with Gasteiger partial charge in [-0.2, -0.15) is 0 Å². The zero-order valence-corrected chi connectivity index (χ0v) is 11.4. The molecule has 0 saturated carbocycles. The normalized spacial score (nSPS) is 19.2. The molecule has 2 aromatic carbocycles. The van der Waals surface area contributed by atoms with Crippen LogP contribution < -0.4 is 10.1 Å². The second kappa shape index (κ2) is 4.32. The Balaban J connectivity index is 2.06. The first-order valence-electron chi connectivity index (χ1n) is 7.00. The minimum atomic E-state index is -0.189. The van der Waals surface area contributed by atoms with Gasteiger partial charge < -0.3 is 10.1 Å². The van der Waals surface area contributed by atoms with E-state index in [1.807, 2.05) is 12.1 Å². The van der Waals surface area contributed by atoms with E-state index in [0.717, 1.165) is 36.3 Å². The van der Waals surface area contributed by atoms with E-state index in [-0.39, 0.29) is 5.82 Å². The predicted octanol–water partition coefficient (Wildman–Crippen LogP) is 3.24. The highest BCUT2D eigenvalue weighted by Crippen LogP contribution is 2.46. The zero-order chi connectivity index (χ0) is 13.7. The molecule has 2 aliphatic rings. The number of rotatable bonds is 1. The van der Waals surface area contributed by atoms with Gasteiger partial charge in [-0.05, 0) is 59.8 Å². The van der Waals surface area contributed by atoms with Crippen LogP contribution in [0.5, 0.6) is 5.75 Å². The molecule has 0 amide bonds. The van der Waals surface area contributed by atoms with Gasteiger partial charge in [-0.15, -0.1) is 0 Å². The first-order valence-corrected chi connectivity index (χ1v) is 7.00. The number of halogens is 1. The molecule has 3 heteroatoms. The van der Waals surface area contributed by atoms with Gasteiger partial charge in [0.25, 0.3) is 0 Å². The number of ether oxygens (including phenoxy) is 1. The molecule has 1 N–H and O–H groups in total. The van der Waals surface area contributed by atoms with Crippen LogP contribution in [0.3, 0.4) is 0 Å². The molecule has 2 aromatic rings. The van der Waals surface area contributed by atoms with Crippen LogP contribution in [-0.4, -0.2) is 13.7 Å². The van der Waals surface area contributed by atoms with Crippen LogP contribution in [0.15, 0.2) is 30.3 Å². The molecule has 4 rings (SSSR count). The Kier molecular flexibility index (Phi) is 2.57.